The number of hydrogen-bond donors (Lipinski definition) is 1. The smallest absolute Gasteiger partial charge is 0.247 e. The second-order valence-corrected chi connectivity index (χ2v) is 6.78. The van der Waals surface area contributed by atoms with Crippen molar-refractivity contribution in [2.75, 3.05) is 6.54 Å². The number of H-pyrrole nitrogens is 1. The topological polar surface area (TPSA) is 70.8 Å². The highest BCUT2D eigenvalue weighted by Crippen LogP contribution is 2.33. The first kappa shape index (κ1) is 16.1. The molecule has 1 fully saturated rings. The Bertz CT molecular complexity index is 1070. The summed E-state index contributed by atoms with van der Waals surface area (Å²) in [4.78, 5) is 10.2. The van der Waals surface area contributed by atoms with Crippen molar-refractivity contribution < 1.29 is 8.81 Å². The van der Waals surface area contributed by atoms with E-state index in [9.17, 15) is 4.39 Å². The van der Waals surface area contributed by atoms with Gasteiger partial charge in [0, 0.05) is 5.56 Å². The predicted molar refractivity (Wildman–Crippen MR) is 98.2 cm³/mol. The van der Waals surface area contributed by atoms with Gasteiger partial charge in [0.2, 0.25) is 11.8 Å². The molecule has 7 heteroatoms. The first-order valence-electron chi connectivity index (χ1n) is 9.03. The van der Waals surface area contributed by atoms with E-state index in [1.165, 1.54) is 12.1 Å². The van der Waals surface area contributed by atoms with Crippen LogP contribution in [0.25, 0.3) is 22.5 Å². The second kappa shape index (κ2) is 6.59. The van der Waals surface area contributed by atoms with Crippen LogP contribution in [-0.4, -0.2) is 31.6 Å². The second-order valence-electron chi connectivity index (χ2n) is 6.78. The van der Waals surface area contributed by atoms with Crippen molar-refractivity contribution in [1.82, 2.24) is 25.1 Å². The lowest BCUT2D eigenvalue weighted by atomic mass is 10.2. The molecular formula is C20H18FN5O. The van der Waals surface area contributed by atoms with E-state index in [2.05, 4.69) is 25.1 Å². The van der Waals surface area contributed by atoms with Crippen LogP contribution in [0.5, 0.6) is 0 Å². The van der Waals surface area contributed by atoms with E-state index in [4.69, 9.17) is 4.42 Å². The van der Waals surface area contributed by atoms with Gasteiger partial charge in [-0.1, -0.05) is 18.2 Å². The van der Waals surface area contributed by atoms with Crippen molar-refractivity contribution >= 4 is 11.0 Å². The molecule has 4 aromatic rings. The van der Waals surface area contributed by atoms with Crippen LogP contribution in [0, 0.1) is 5.82 Å². The van der Waals surface area contributed by atoms with E-state index in [0.29, 0.717) is 18.3 Å². The summed E-state index contributed by atoms with van der Waals surface area (Å²) in [7, 11) is 0. The van der Waals surface area contributed by atoms with Gasteiger partial charge >= 0.3 is 0 Å². The summed E-state index contributed by atoms with van der Waals surface area (Å²) in [6.07, 6.45) is 2.05. The molecule has 0 amide bonds. The predicted octanol–water partition coefficient (Wildman–Crippen LogP) is 4.09. The molecule has 0 spiro atoms. The lowest BCUT2D eigenvalue weighted by Gasteiger charge is -2.20. The minimum Gasteiger partial charge on any atom is -0.419 e. The van der Waals surface area contributed by atoms with Crippen LogP contribution in [0.1, 0.15) is 30.6 Å². The number of likely N-dealkylation sites (tertiary alicyclic amines) is 1. The van der Waals surface area contributed by atoms with Crippen LogP contribution in [0.2, 0.25) is 0 Å². The normalized spacial score (nSPS) is 17.7. The molecule has 6 nitrogen and oxygen atoms in total. The van der Waals surface area contributed by atoms with E-state index < -0.39 is 0 Å². The molecule has 1 unspecified atom stereocenters. The van der Waals surface area contributed by atoms with Gasteiger partial charge in [-0.15, -0.1) is 10.2 Å². The van der Waals surface area contributed by atoms with Gasteiger partial charge in [0.05, 0.1) is 23.6 Å². The zero-order valence-electron chi connectivity index (χ0n) is 14.6. The Morgan fingerprint density at radius 3 is 2.93 bits per heavy atom. The summed E-state index contributed by atoms with van der Waals surface area (Å²) in [5.41, 5.74) is 2.41. The van der Waals surface area contributed by atoms with Gasteiger partial charge in [-0.25, -0.2) is 9.37 Å². The molecule has 0 bridgehead atoms. The molecule has 27 heavy (non-hydrogen) atoms. The summed E-state index contributed by atoms with van der Waals surface area (Å²) in [6, 6.07) is 14.5. The zero-order valence-corrected chi connectivity index (χ0v) is 14.6. The maximum atomic E-state index is 13.4. The van der Waals surface area contributed by atoms with Crippen LogP contribution in [0.4, 0.5) is 4.39 Å². The average Bonchev–Trinajstić information content (AvgIpc) is 3.41. The van der Waals surface area contributed by atoms with Gasteiger partial charge in [0.1, 0.15) is 11.6 Å². The number of nitrogens with one attached hydrogen (secondary N) is 1. The van der Waals surface area contributed by atoms with Crippen molar-refractivity contribution in [1.29, 1.82) is 0 Å². The van der Waals surface area contributed by atoms with Crippen molar-refractivity contribution in [3.8, 4) is 11.5 Å². The molecule has 0 radical (unpaired) electrons. The van der Waals surface area contributed by atoms with E-state index in [1.807, 2.05) is 30.3 Å². The Labute approximate surface area is 155 Å². The third-order valence-electron chi connectivity index (χ3n) is 4.97. The molecule has 1 saturated heterocycles. The molecule has 5 rings (SSSR count). The fourth-order valence-corrected chi connectivity index (χ4v) is 3.67. The summed E-state index contributed by atoms with van der Waals surface area (Å²) < 4.78 is 19.3. The number of fused-ring (bicyclic) bond motifs is 1. The monoisotopic (exact) mass is 363 g/mol. The number of aromatic amines is 1. The number of hydrogen-bond acceptors (Lipinski definition) is 5. The molecule has 2 aromatic carbocycles. The summed E-state index contributed by atoms with van der Waals surface area (Å²) in [6.45, 7) is 1.50. The summed E-state index contributed by atoms with van der Waals surface area (Å²) in [5.74, 6) is 1.71. The van der Waals surface area contributed by atoms with Crippen LogP contribution in [0.15, 0.2) is 52.9 Å². The fraction of sp³-hybridized carbons (Fsp3) is 0.250. The van der Waals surface area contributed by atoms with Crippen LogP contribution < -0.4 is 0 Å². The number of aromatic nitrogens is 4. The van der Waals surface area contributed by atoms with Gasteiger partial charge in [-0.2, -0.15) is 0 Å². The lowest BCUT2D eigenvalue weighted by Crippen LogP contribution is -2.23. The molecule has 1 aliphatic rings. The zero-order chi connectivity index (χ0) is 18.2. The minimum atomic E-state index is -0.264. The van der Waals surface area contributed by atoms with Gasteiger partial charge in [0.25, 0.3) is 0 Å². The Morgan fingerprint density at radius 1 is 1.15 bits per heavy atom. The van der Waals surface area contributed by atoms with Gasteiger partial charge in [-0.3, -0.25) is 4.90 Å². The SMILES string of the molecule is Fc1ccc2nc(C3CCCN3Cc3nnc(-c4ccccc4)o3)[nH]c2c1. The number of benzene rings is 2. The van der Waals surface area contributed by atoms with E-state index >= 15 is 0 Å². The summed E-state index contributed by atoms with van der Waals surface area (Å²) >= 11 is 0. The van der Waals surface area contributed by atoms with Gasteiger partial charge in [-0.05, 0) is 49.7 Å². The molecule has 1 N–H and O–H groups in total. The highest BCUT2D eigenvalue weighted by molar-refractivity contribution is 5.75. The third kappa shape index (κ3) is 3.10. The number of halogens is 1. The quantitative estimate of drug-likeness (QED) is 0.591. The molecule has 0 aliphatic carbocycles. The van der Waals surface area contributed by atoms with Gasteiger partial charge < -0.3 is 9.40 Å². The Hall–Kier alpha value is -3.06. The first-order chi connectivity index (χ1) is 13.3. The van der Waals surface area contributed by atoms with E-state index in [1.54, 1.807) is 6.07 Å². The number of imidazole rings is 1. The molecule has 1 atom stereocenters. The number of rotatable bonds is 4. The highest BCUT2D eigenvalue weighted by atomic mass is 19.1. The first-order valence-corrected chi connectivity index (χ1v) is 9.03. The highest BCUT2D eigenvalue weighted by Gasteiger charge is 2.30. The fourth-order valence-electron chi connectivity index (χ4n) is 3.67. The van der Waals surface area contributed by atoms with Crippen molar-refractivity contribution in [3.05, 3.63) is 66.1 Å². The molecule has 0 saturated carbocycles. The van der Waals surface area contributed by atoms with Crippen molar-refractivity contribution in [3.63, 3.8) is 0 Å². The molecule has 136 valence electrons. The van der Waals surface area contributed by atoms with Crippen LogP contribution in [-0.2, 0) is 6.54 Å². The van der Waals surface area contributed by atoms with Crippen LogP contribution in [0.3, 0.4) is 0 Å². The largest absolute Gasteiger partial charge is 0.419 e. The lowest BCUT2D eigenvalue weighted by molar-refractivity contribution is 0.218. The maximum Gasteiger partial charge on any atom is 0.247 e. The maximum absolute atomic E-state index is 13.4. The summed E-state index contributed by atoms with van der Waals surface area (Å²) in [5, 5.41) is 8.36. The minimum absolute atomic E-state index is 0.132. The van der Waals surface area contributed by atoms with E-state index in [0.717, 1.165) is 41.8 Å². The molecule has 1 aliphatic heterocycles. The van der Waals surface area contributed by atoms with E-state index in [-0.39, 0.29) is 11.9 Å². The molecule has 3 heterocycles. The van der Waals surface area contributed by atoms with Crippen molar-refractivity contribution in [2.45, 2.75) is 25.4 Å². The standard InChI is InChI=1S/C20H18FN5O/c21-14-8-9-15-16(11-14)23-19(22-15)17-7-4-10-26(17)12-18-24-25-20(27-18)13-5-2-1-3-6-13/h1-3,5-6,8-9,11,17H,4,7,10,12H2,(H,22,23). The van der Waals surface area contributed by atoms with Gasteiger partial charge in [0.15, 0.2) is 0 Å². The Balaban J connectivity index is 1.37. The third-order valence-corrected chi connectivity index (χ3v) is 4.97. The number of nitrogens with zero attached hydrogens (tertiary/aromatic N) is 4. The average molecular weight is 363 g/mol. The molecular weight excluding hydrogens is 345 g/mol. The molecule has 2 aromatic heterocycles. The Morgan fingerprint density at radius 2 is 2.04 bits per heavy atom. The van der Waals surface area contributed by atoms with Crippen LogP contribution >= 0.6 is 0 Å². The Kier molecular flexibility index (Phi) is 3.94. The van der Waals surface area contributed by atoms with Crippen molar-refractivity contribution in [2.24, 2.45) is 0 Å².